The summed E-state index contributed by atoms with van der Waals surface area (Å²) in [5.74, 6) is -2.40. The standard InChI is InChI=1S/C17H14F2N2O3S/c1-23-13-9-11(7-8-14(13)25-16(18)19)10-21-15(20-24-17(21)22)12-5-3-2-4-6-12/h2-9,16H,10H2,1H3. The number of halogens is 2. The maximum Gasteiger partial charge on any atom is 0.442 e. The molecule has 0 aliphatic carbocycles. The Hall–Kier alpha value is -2.61. The van der Waals surface area contributed by atoms with Crippen LogP contribution in [0, 0.1) is 0 Å². The smallest absolute Gasteiger partial charge is 0.442 e. The average Bonchev–Trinajstić information content (AvgIpc) is 2.97. The number of benzene rings is 2. The van der Waals surface area contributed by atoms with Crippen LogP contribution in [0.15, 0.2) is 62.7 Å². The Morgan fingerprint density at radius 2 is 2.00 bits per heavy atom. The number of hydrogen-bond donors (Lipinski definition) is 0. The number of alkyl halides is 2. The summed E-state index contributed by atoms with van der Waals surface area (Å²) in [6.07, 6.45) is 0. The summed E-state index contributed by atoms with van der Waals surface area (Å²) in [7, 11) is 1.41. The van der Waals surface area contributed by atoms with E-state index in [0.717, 1.165) is 5.56 Å². The fraction of sp³-hybridized carbons (Fsp3) is 0.176. The third kappa shape index (κ3) is 3.90. The van der Waals surface area contributed by atoms with Crippen molar-refractivity contribution in [1.82, 2.24) is 9.72 Å². The molecule has 0 spiro atoms. The van der Waals surface area contributed by atoms with Gasteiger partial charge in [-0.05, 0) is 17.7 Å². The summed E-state index contributed by atoms with van der Waals surface area (Å²) in [5, 5.41) is 3.82. The molecule has 130 valence electrons. The van der Waals surface area contributed by atoms with Crippen LogP contribution in [0.5, 0.6) is 5.75 Å². The number of aromatic nitrogens is 2. The summed E-state index contributed by atoms with van der Waals surface area (Å²) >= 11 is 0.412. The number of methoxy groups -OCH3 is 1. The first-order chi connectivity index (χ1) is 12.1. The van der Waals surface area contributed by atoms with Gasteiger partial charge in [-0.2, -0.15) is 8.78 Å². The Morgan fingerprint density at radius 3 is 2.68 bits per heavy atom. The van der Waals surface area contributed by atoms with Gasteiger partial charge in [-0.1, -0.05) is 53.3 Å². The summed E-state index contributed by atoms with van der Waals surface area (Å²) < 4.78 is 36.5. The third-order valence-corrected chi connectivity index (χ3v) is 4.27. The Bertz CT molecular complexity index is 910. The minimum Gasteiger partial charge on any atom is -0.496 e. The van der Waals surface area contributed by atoms with Crippen molar-refractivity contribution in [2.75, 3.05) is 7.11 Å². The molecule has 0 atom stereocenters. The van der Waals surface area contributed by atoms with Gasteiger partial charge in [0, 0.05) is 5.56 Å². The van der Waals surface area contributed by atoms with E-state index in [4.69, 9.17) is 9.26 Å². The predicted molar refractivity (Wildman–Crippen MR) is 90.2 cm³/mol. The molecule has 1 heterocycles. The van der Waals surface area contributed by atoms with Crippen LogP contribution in [0.1, 0.15) is 5.56 Å². The van der Waals surface area contributed by atoms with E-state index >= 15 is 0 Å². The van der Waals surface area contributed by atoms with Crippen LogP contribution in [0.25, 0.3) is 11.4 Å². The minimum atomic E-state index is -2.54. The van der Waals surface area contributed by atoms with Gasteiger partial charge in [0.2, 0.25) is 0 Å². The highest BCUT2D eigenvalue weighted by atomic mass is 32.2. The number of nitrogens with zero attached hydrogens (tertiary/aromatic N) is 2. The Labute approximate surface area is 146 Å². The van der Waals surface area contributed by atoms with E-state index in [0.29, 0.717) is 33.8 Å². The number of thioether (sulfide) groups is 1. The molecule has 0 unspecified atom stereocenters. The van der Waals surface area contributed by atoms with E-state index in [-0.39, 0.29) is 6.54 Å². The molecule has 25 heavy (non-hydrogen) atoms. The molecule has 0 radical (unpaired) electrons. The van der Waals surface area contributed by atoms with Crippen molar-refractivity contribution in [2.45, 2.75) is 17.2 Å². The molecule has 2 aromatic carbocycles. The lowest BCUT2D eigenvalue weighted by atomic mass is 10.2. The maximum atomic E-state index is 12.6. The van der Waals surface area contributed by atoms with Crippen LogP contribution in [0.4, 0.5) is 8.78 Å². The summed E-state index contributed by atoms with van der Waals surface area (Å²) in [5.41, 5.74) is 1.45. The van der Waals surface area contributed by atoms with Crippen molar-refractivity contribution in [3.8, 4) is 17.1 Å². The summed E-state index contributed by atoms with van der Waals surface area (Å²) in [6.45, 7) is 0.183. The molecule has 0 saturated carbocycles. The summed E-state index contributed by atoms with van der Waals surface area (Å²) in [6, 6.07) is 14.0. The molecular weight excluding hydrogens is 350 g/mol. The molecule has 1 aromatic heterocycles. The van der Waals surface area contributed by atoms with Crippen LogP contribution < -0.4 is 10.5 Å². The minimum absolute atomic E-state index is 0.183. The Morgan fingerprint density at radius 1 is 1.24 bits per heavy atom. The number of ether oxygens (including phenoxy) is 1. The predicted octanol–water partition coefficient (Wildman–Crippen LogP) is 3.87. The largest absolute Gasteiger partial charge is 0.496 e. The highest BCUT2D eigenvalue weighted by molar-refractivity contribution is 7.99. The molecule has 0 saturated heterocycles. The topological polar surface area (TPSA) is 57.3 Å². The monoisotopic (exact) mass is 364 g/mol. The lowest BCUT2D eigenvalue weighted by Crippen LogP contribution is -2.16. The van der Waals surface area contributed by atoms with Crippen molar-refractivity contribution < 1.29 is 18.0 Å². The summed E-state index contributed by atoms with van der Waals surface area (Å²) in [4.78, 5) is 12.3. The van der Waals surface area contributed by atoms with Gasteiger partial charge in [0.05, 0.1) is 18.6 Å². The van der Waals surface area contributed by atoms with E-state index in [9.17, 15) is 13.6 Å². The molecule has 8 heteroatoms. The van der Waals surface area contributed by atoms with Crippen LogP contribution in [0.2, 0.25) is 0 Å². The first-order valence-corrected chi connectivity index (χ1v) is 8.20. The lowest BCUT2D eigenvalue weighted by Gasteiger charge is -2.11. The quantitative estimate of drug-likeness (QED) is 0.622. The number of hydrogen-bond acceptors (Lipinski definition) is 5. The van der Waals surface area contributed by atoms with Crippen molar-refractivity contribution >= 4 is 11.8 Å². The molecule has 3 aromatic rings. The zero-order chi connectivity index (χ0) is 17.8. The molecule has 0 amide bonds. The molecule has 5 nitrogen and oxygen atoms in total. The van der Waals surface area contributed by atoms with E-state index < -0.39 is 11.5 Å². The van der Waals surface area contributed by atoms with Crippen molar-refractivity contribution in [2.24, 2.45) is 0 Å². The van der Waals surface area contributed by atoms with Crippen LogP contribution in [-0.2, 0) is 6.54 Å². The first-order valence-electron chi connectivity index (χ1n) is 7.32. The van der Waals surface area contributed by atoms with Gasteiger partial charge in [-0.15, -0.1) is 0 Å². The van der Waals surface area contributed by atoms with Crippen molar-refractivity contribution in [1.29, 1.82) is 0 Å². The van der Waals surface area contributed by atoms with Gasteiger partial charge < -0.3 is 4.74 Å². The van der Waals surface area contributed by atoms with Crippen molar-refractivity contribution in [3.63, 3.8) is 0 Å². The zero-order valence-corrected chi connectivity index (χ0v) is 14.0. The molecular formula is C17H14F2N2O3S. The first kappa shape index (κ1) is 17.2. The number of rotatable bonds is 6. The van der Waals surface area contributed by atoms with Crippen LogP contribution in [-0.4, -0.2) is 22.6 Å². The molecule has 0 fully saturated rings. The van der Waals surface area contributed by atoms with Gasteiger partial charge in [-0.3, -0.25) is 9.09 Å². The van der Waals surface area contributed by atoms with Gasteiger partial charge in [0.25, 0.3) is 5.76 Å². The second-order valence-corrected chi connectivity index (χ2v) is 6.12. The highest BCUT2D eigenvalue weighted by Crippen LogP contribution is 2.34. The molecule has 0 aliphatic rings. The molecule has 3 rings (SSSR count). The zero-order valence-electron chi connectivity index (χ0n) is 13.2. The molecule has 0 N–H and O–H groups in total. The second kappa shape index (κ2) is 7.52. The fourth-order valence-corrected chi connectivity index (χ4v) is 2.99. The normalized spacial score (nSPS) is 11.0. The third-order valence-electron chi connectivity index (χ3n) is 3.50. The Balaban J connectivity index is 1.93. The van der Waals surface area contributed by atoms with Gasteiger partial charge in [0.15, 0.2) is 5.82 Å². The molecule has 0 aliphatic heterocycles. The van der Waals surface area contributed by atoms with Gasteiger partial charge in [-0.25, -0.2) is 4.79 Å². The van der Waals surface area contributed by atoms with E-state index in [1.54, 1.807) is 18.2 Å². The average molecular weight is 364 g/mol. The van der Waals surface area contributed by atoms with E-state index in [1.807, 2.05) is 30.3 Å². The van der Waals surface area contributed by atoms with Crippen LogP contribution in [0.3, 0.4) is 0 Å². The van der Waals surface area contributed by atoms with Crippen molar-refractivity contribution in [3.05, 3.63) is 64.6 Å². The maximum absolute atomic E-state index is 12.6. The van der Waals surface area contributed by atoms with Crippen LogP contribution >= 0.6 is 11.8 Å². The van der Waals surface area contributed by atoms with E-state index in [2.05, 4.69) is 5.16 Å². The molecule has 0 bridgehead atoms. The lowest BCUT2D eigenvalue weighted by molar-refractivity contribution is 0.251. The SMILES string of the molecule is COc1cc(Cn2c(-c3ccccc3)noc2=O)ccc1SC(F)F. The second-order valence-electron chi connectivity index (χ2n) is 5.09. The Kier molecular flexibility index (Phi) is 5.18. The highest BCUT2D eigenvalue weighted by Gasteiger charge is 2.15. The van der Waals surface area contributed by atoms with Gasteiger partial charge >= 0.3 is 5.76 Å². The van der Waals surface area contributed by atoms with Gasteiger partial charge in [0.1, 0.15) is 5.75 Å². The fourth-order valence-electron chi connectivity index (χ4n) is 2.39. The van der Waals surface area contributed by atoms with E-state index in [1.165, 1.54) is 11.7 Å².